The number of benzene rings is 1. The fourth-order valence-electron chi connectivity index (χ4n) is 3.92. The maximum Gasteiger partial charge on any atom is 0.271 e. The number of piperidine rings is 1. The molecule has 1 saturated heterocycles. The smallest absolute Gasteiger partial charge is 0.271 e. The van der Waals surface area contributed by atoms with E-state index in [1.165, 1.54) is 4.31 Å². The molecule has 0 spiro atoms. The predicted molar refractivity (Wildman–Crippen MR) is 126 cm³/mol. The Kier molecular flexibility index (Phi) is 6.24. The Morgan fingerprint density at radius 2 is 1.81 bits per heavy atom. The summed E-state index contributed by atoms with van der Waals surface area (Å²) in [5.74, 6) is 0.411. The van der Waals surface area contributed by atoms with Crippen molar-refractivity contribution in [3.05, 3.63) is 57.5 Å². The lowest BCUT2D eigenvalue weighted by Crippen LogP contribution is -2.42. The predicted octanol–water partition coefficient (Wildman–Crippen LogP) is 3.60. The Morgan fingerprint density at radius 3 is 2.44 bits per heavy atom. The quantitative estimate of drug-likeness (QED) is 0.605. The molecule has 0 atom stereocenters. The number of hydrogen-bond acceptors (Lipinski definition) is 6. The Hall–Kier alpha value is -2.49. The molecule has 32 heavy (non-hydrogen) atoms. The molecular formula is C22H26ClN5O3S. The molecule has 10 heteroatoms. The van der Waals surface area contributed by atoms with Gasteiger partial charge in [0.05, 0.1) is 4.90 Å². The number of rotatable bonds is 5. The average molecular weight is 476 g/mol. The van der Waals surface area contributed by atoms with Crippen molar-refractivity contribution >= 4 is 38.6 Å². The van der Waals surface area contributed by atoms with Gasteiger partial charge in [0.15, 0.2) is 0 Å². The number of aryl methyl sites for hydroxylation is 1. The maximum atomic E-state index is 12.9. The minimum absolute atomic E-state index is 0.0310. The summed E-state index contributed by atoms with van der Waals surface area (Å²) in [6.07, 6.45) is 2.90. The van der Waals surface area contributed by atoms with Crippen molar-refractivity contribution in [1.29, 1.82) is 0 Å². The number of aromatic nitrogens is 3. The topological polar surface area (TPSA) is 97.2 Å². The summed E-state index contributed by atoms with van der Waals surface area (Å²) in [6, 6.07) is 8.42. The summed E-state index contributed by atoms with van der Waals surface area (Å²) < 4.78 is 28.9. The van der Waals surface area contributed by atoms with Gasteiger partial charge in [0.25, 0.3) is 5.56 Å². The van der Waals surface area contributed by atoms with E-state index in [1.807, 2.05) is 32.9 Å². The molecule has 3 heterocycles. The SMILES string of the molecule is Cc1ccc(S(=O)(=O)N2CCC(Nc3ncc4cc(Cl)c(=O)n(C(C)C)c4n3)CC2)cc1. The number of sulfonamides is 1. The fourth-order valence-corrected chi connectivity index (χ4v) is 5.60. The highest BCUT2D eigenvalue weighted by Gasteiger charge is 2.29. The minimum atomic E-state index is -3.50. The lowest BCUT2D eigenvalue weighted by molar-refractivity contribution is 0.329. The van der Waals surface area contributed by atoms with E-state index in [0.29, 0.717) is 47.8 Å². The third-order valence-corrected chi connectivity index (χ3v) is 7.88. The van der Waals surface area contributed by atoms with E-state index in [1.54, 1.807) is 29.0 Å². The van der Waals surface area contributed by atoms with Crippen LogP contribution in [-0.4, -0.2) is 46.4 Å². The zero-order valence-corrected chi connectivity index (χ0v) is 19.8. The van der Waals surface area contributed by atoms with Crippen molar-refractivity contribution in [2.24, 2.45) is 0 Å². The molecular weight excluding hydrogens is 450 g/mol. The Bertz CT molecular complexity index is 1300. The van der Waals surface area contributed by atoms with E-state index in [0.717, 1.165) is 5.56 Å². The second-order valence-electron chi connectivity index (χ2n) is 8.37. The van der Waals surface area contributed by atoms with Crippen molar-refractivity contribution < 1.29 is 8.42 Å². The lowest BCUT2D eigenvalue weighted by Gasteiger charge is -2.31. The summed E-state index contributed by atoms with van der Waals surface area (Å²) in [6.45, 7) is 6.55. The molecule has 0 amide bonds. The molecule has 0 saturated carbocycles. The summed E-state index contributed by atoms with van der Waals surface area (Å²) in [7, 11) is -3.50. The van der Waals surface area contributed by atoms with Crippen molar-refractivity contribution in [2.75, 3.05) is 18.4 Å². The van der Waals surface area contributed by atoms with Crippen molar-refractivity contribution in [3.8, 4) is 0 Å². The van der Waals surface area contributed by atoms with Crippen LogP contribution in [0.3, 0.4) is 0 Å². The maximum absolute atomic E-state index is 12.9. The van der Waals surface area contributed by atoms with Crippen molar-refractivity contribution in [3.63, 3.8) is 0 Å². The van der Waals surface area contributed by atoms with Gasteiger partial charge < -0.3 is 5.32 Å². The van der Waals surface area contributed by atoms with E-state index < -0.39 is 10.0 Å². The summed E-state index contributed by atoms with van der Waals surface area (Å²) in [5.41, 5.74) is 1.26. The van der Waals surface area contributed by atoms with Crippen LogP contribution < -0.4 is 10.9 Å². The molecule has 8 nitrogen and oxygen atoms in total. The number of halogens is 1. The van der Waals surface area contributed by atoms with Crippen LogP contribution in [0.25, 0.3) is 11.0 Å². The number of nitrogens with one attached hydrogen (secondary N) is 1. The van der Waals surface area contributed by atoms with E-state index >= 15 is 0 Å². The lowest BCUT2D eigenvalue weighted by atomic mass is 10.1. The van der Waals surface area contributed by atoms with E-state index in [4.69, 9.17) is 11.6 Å². The molecule has 3 aromatic rings. The van der Waals surface area contributed by atoms with Gasteiger partial charge in [-0.15, -0.1) is 0 Å². The molecule has 1 aromatic carbocycles. The van der Waals surface area contributed by atoms with Gasteiger partial charge >= 0.3 is 0 Å². The van der Waals surface area contributed by atoms with Gasteiger partial charge in [-0.3, -0.25) is 9.36 Å². The highest BCUT2D eigenvalue weighted by Crippen LogP contribution is 2.23. The highest BCUT2D eigenvalue weighted by molar-refractivity contribution is 7.89. The van der Waals surface area contributed by atoms with Gasteiger partial charge in [-0.2, -0.15) is 9.29 Å². The van der Waals surface area contributed by atoms with Crippen molar-refractivity contribution in [1.82, 2.24) is 18.8 Å². The zero-order valence-electron chi connectivity index (χ0n) is 18.2. The third-order valence-electron chi connectivity index (χ3n) is 5.69. The van der Waals surface area contributed by atoms with Crippen LogP contribution in [0.2, 0.25) is 5.02 Å². The number of anilines is 1. The molecule has 1 fully saturated rings. The van der Waals surface area contributed by atoms with Crippen molar-refractivity contribution in [2.45, 2.75) is 50.6 Å². The Balaban J connectivity index is 1.49. The van der Waals surface area contributed by atoms with E-state index in [-0.39, 0.29) is 22.7 Å². The van der Waals surface area contributed by atoms with E-state index in [2.05, 4.69) is 15.3 Å². The molecule has 1 aliphatic heterocycles. The van der Waals surface area contributed by atoms with Crippen LogP contribution in [0, 0.1) is 6.92 Å². The van der Waals surface area contributed by atoms with Crippen LogP contribution in [0.15, 0.2) is 46.2 Å². The van der Waals surface area contributed by atoms with Gasteiger partial charge in [-0.25, -0.2) is 13.4 Å². The first-order valence-corrected chi connectivity index (χ1v) is 12.4. The number of hydrogen-bond donors (Lipinski definition) is 1. The molecule has 4 rings (SSSR count). The highest BCUT2D eigenvalue weighted by atomic mass is 35.5. The minimum Gasteiger partial charge on any atom is -0.351 e. The largest absolute Gasteiger partial charge is 0.351 e. The Labute approximate surface area is 192 Å². The van der Waals surface area contributed by atoms with Gasteiger partial charge in [0.1, 0.15) is 10.7 Å². The average Bonchev–Trinajstić information content (AvgIpc) is 2.75. The first kappa shape index (κ1) is 22.7. The summed E-state index contributed by atoms with van der Waals surface area (Å²) in [5, 5.41) is 4.12. The summed E-state index contributed by atoms with van der Waals surface area (Å²) >= 11 is 6.08. The van der Waals surface area contributed by atoms with E-state index in [9.17, 15) is 13.2 Å². The van der Waals surface area contributed by atoms with Crippen LogP contribution in [0.1, 0.15) is 38.3 Å². The van der Waals surface area contributed by atoms with Gasteiger partial charge in [0, 0.05) is 36.8 Å². The summed E-state index contributed by atoms with van der Waals surface area (Å²) in [4.78, 5) is 21.7. The van der Waals surface area contributed by atoms with Gasteiger partial charge in [-0.1, -0.05) is 29.3 Å². The molecule has 1 aliphatic rings. The van der Waals surface area contributed by atoms with Crippen LogP contribution in [0.5, 0.6) is 0 Å². The fraction of sp³-hybridized carbons (Fsp3) is 0.409. The molecule has 1 N–H and O–H groups in total. The van der Waals surface area contributed by atoms with Gasteiger partial charge in [-0.05, 0) is 51.8 Å². The molecule has 0 bridgehead atoms. The van der Waals surface area contributed by atoms with Crippen LogP contribution in [0.4, 0.5) is 5.95 Å². The molecule has 0 radical (unpaired) electrons. The number of pyridine rings is 1. The monoisotopic (exact) mass is 475 g/mol. The van der Waals surface area contributed by atoms with Crippen LogP contribution in [-0.2, 0) is 10.0 Å². The standard InChI is InChI=1S/C22H26ClN5O3S/c1-14(2)28-20-16(12-19(23)21(28)29)13-24-22(26-20)25-17-8-10-27(11-9-17)32(30,31)18-6-4-15(3)5-7-18/h4-7,12-14,17H,8-11H2,1-3H3,(H,24,25,26). The molecule has 0 unspecified atom stereocenters. The Morgan fingerprint density at radius 1 is 1.16 bits per heavy atom. The molecule has 0 aliphatic carbocycles. The molecule has 2 aromatic heterocycles. The second kappa shape index (κ2) is 8.80. The second-order valence-corrected chi connectivity index (χ2v) is 10.7. The number of nitrogens with zero attached hydrogens (tertiary/aromatic N) is 4. The third kappa shape index (κ3) is 4.37. The molecule has 170 valence electrons. The normalized spacial score (nSPS) is 16.0. The van der Waals surface area contributed by atoms with Crippen LogP contribution >= 0.6 is 11.6 Å². The zero-order chi connectivity index (χ0) is 23.0. The number of fused-ring (bicyclic) bond motifs is 1. The first-order chi connectivity index (χ1) is 15.2. The van der Waals surface area contributed by atoms with Gasteiger partial charge in [0.2, 0.25) is 16.0 Å². The first-order valence-electron chi connectivity index (χ1n) is 10.6.